The van der Waals surface area contributed by atoms with E-state index in [0.29, 0.717) is 5.92 Å². The van der Waals surface area contributed by atoms with Crippen LogP contribution in [0.2, 0.25) is 0 Å². The van der Waals surface area contributed by atoms with Crippen molar-refractivity contribution in [2.45, 2.75) is 63.8 Å². The van der Waals surface area contributed by atoms with E-state index in [-0.39, 0.29) is 5.82 Å². The largest absolute Gasteiger partial charge is 0.316 e. The van der Waals surface area contributed by atoms with Gasteiger partial charge in [-0.05, 0) is 43.0 Å². The Hall–Kier alpha value is -0.890. The van der Waals surface area contributed by atoms with Crippen molar-refractivity contribution in [1.82, 2.24) is 5.32 Å². The molecule has 1 N–H and O–H groups in total. The lowest BCUT2D eigenvalue weighted by atomic mass is 9.88. The van der Waals surface area contributed by atoms with Crippen molar-refractivity contribution in [3.8, 4) is 0 Å². The van der Waals surface area contributed by atoms with Gasteiger partial charge in [0.25, 0.3) is 0 Å². The summed E-state index contributed by atoms with van der Waals surface area (Å²) >= 11 is 0. The maximum atomic E-state index is 14.1. The topological polar surface area (TPSA) is 12.0 Å². The van der Waals surface area contributed by atoms with Crippen molar-refractivity contribution in [3.05, 3.63) is 35.1 Å². The first-order valence-corrected chi connectivity index (χ1v) is 7.74. The van der Waals surface area contributed by atoms with Crippen LogP contribution in [0.5, 0.6) is 0 Å². The van der Waals surface area contributed by atoms with Crippen molar-refractivity contribution >= 4 is 0 Å². The Labute approximate surface area is 116 Å². The molecule has 0 amide bonds. The van der Waals surface area contributed by atoms with E-state index in [1.807, 2.05) is 13.1 Å². The molecule has 1 nitrogen and oxygen atoms in total. The van der Waals surface area contributed by atoms with E-state index >= 15 is 0 Å². The zero-order valence-electron chi connectivity index (χ0n) is 12.1. The fourth-order valence-corrected chi connectivity index (χ4v) is 3.16. The highest BCUT2D eigenvalue weighted by Crippen LogP contribution is 2.32. The van der Waals surface area contributed by atoms with Crippen LogP contribution in [-0.4, -0.2) is 7.05 Å². The first-order chi connectivity index (χ1) is 9.31. The molecule has 1 fully saturated rings. The zero-order valence-corrected chi connectivity index (χ0v) is 12.1. The van der Waals surface area contributed by atoms with E-state index < -0.39 is 0 Å². The Morgan fingerprint density at radius 1 is 1.05 bits per heavy atom. The lowest BCUT2D eigenvalue weighted by molar-refractivity contribution is 0.505. The van der Waals surface area contributed by atoms with Gasteiger partial charge in [-0.2, -0.15) is 0 Å². The van der Waals surface area contributed by atoms with E-state index in [2.05, 4.69) is 11.4 Å². The second-order valence-corrected chi connectivity index (χ2v) is 5.78. The molecule has 0 radical (unpaired) electrons. The Morgan fingerprint density at radius 3 is 2.32 bits per heavy atom. The predicted octanol–water partition coefficient (Wildman–Crippen LogP) is 4.76. The van der Waals surface area contributed by atoms with E-state index in [1.54, 1.807) is 6.07 Å². The van der Waals surface area contributed by atoms with Gasteiger partial charge in [-0.3, -0.25) is 0 Å². The van der Waals surface area contributed by atoms with Crippen molar-refractivity contribution in [1.29, 1.82) is 0 Å². The molecule has 1 aromatic carbocycles. The molecular formula is C17H26FN. The number of halogens is 1. The highest BCUT2D eigenvalue weighted by molar-refractivity contribution is 5.28. The van der Waals surface area contributed by atoms with Crippen molar-refractivity contribution < 1.29 is 4.39 Å². The summed E-state index contributed by atoms with van der Waals surface area (Å²) in [6.45, 7) is 0.819. The van der Waals surface area contributed by atoms with Gasteiger partial charge >= 0.3 is 0 Å². The highest BCUT2D eigenvalue weighted by Gasteiger charge is 2.17. The summed E-state index contributed by atoms with van der Waals surface area (Å²) in [6, 6.07) is 5.62. The minimum atomic E-state index is -0.0101. The molecule has 0 aromatic heterocycles. The van der Waals surface area contributed by atoms with Crippen molar-refractivity contribution in [3.63, 3.8) is 0 Å². The van der Waals surface area contributed by atoms with E-state index in [0.717, 1.165) is 24.9 Å². The van der Waals surface area contributed by atoms with E-state index in [4.69, 9.17) is 0 Å². The van der Waals surface area contributed by atoms with Gasteiger partial charge in [0.2, 0.25) is 0 Å². The lowest BCUT2D eigenvalue weighted by Gasteiger charge is -2.18. The molecule has 0 spiro atoms. The molecule has 2 rings (SSSR count). The quantitative estimate of drug-likeness (QED) is 0.828. The Bertz CT molecular complexity index is 379. The van der Waals surface area contributed by atoms with Crippen LogP contribution in [0, 0.1) is 5.82 Å². The number of hydrogen-bond donors (Lipinski definition) is 1. The van der Waals surface area contributed by atoms with Crippen LogP contribution in [-0.2, 0) is 6.54 Å². The van der Waals surface area contributed by atoms with Crippen LogP contribution >= 0.6 is 0 Å². The normalized spacial score (nSPS) is 18.6. The summed E-state index contributed by atoms with van der Waals surface area (Å²) < 4.78 is 14.1. The average Bonchev–Trinajstić information content (AvgIpc) is 2.55. The lowest BCUT2D eigenvalue weighted by Crippen LogP contribution is -2.08. The SMILES string of the molecule is CNCc1ccc(F)c(C2CCCCCCCC2)c1. The molecule has 0 bridgehead atoms. The summed E-state index contributed by atoms with van der Waals surface area (Å²) in [5.41, 5.74) is 2.15. The van der Waals surface area contributed by atoms with Crippen LogP contribution < -0.4 is 5.32 Å². The van der Waals surface area contributed by atoms with Crippen LogP contribution in [0.3, 0.4) is 0 Å². The molecule has 2 heteroatoms. The Balaban J connectivity index is 2.14. The third-order valence-electron chi connectivity index (χ3n) is 4.24. The van der Waals surface area contributed by atoms with Gasteiger partial charge < -0.3 is 5.32 Å². The maximum Gasteiger partial charge on any atom is 0.126 e. The van der Waals surface area contributed by atoms with Crippen LogP contribution in [0.15, 0.2) is 18.2 Å². The van der Waals surface area contributed by atoms with Gasteiger partial charge in [0.1, 0.15) is 5.82 Å². The number of nitrogens with one attached hydrogen (secondary N) is 1. The molecule has 0 heterocycles. The summed E-state index contributed by atoms with van der Waals surface area (Å²) in [4.78, 5) is 0. The third-order valence-corrected chi connectivity index (χ3v) is 4.24. The third kappa shape index (κ3) is 4.31. The van der Waals surface area contributed by atoms with Gasteiger partial charge in [-0.1, -0.05) is 50.7 Å². The molecule has 0 unspecified atom stereocenters. The summed E-state index contributed by atoms with van der Waals surface area (Å²) in [6.07, 6.45) is 10.1. The summed E-state index contributed by atoms with van der Waals surface area (Å²) in [7, 11) is 1.93. The standard InChI is InChI=1S/C17H26FN/c1-19-13-14-10-11-17(18)16(12-14)15-8-6-4-2-3-5-7-9-15/h10-12,15,19H,2-9,13H2,1H3. The molecule has 1 aromatic rings. The zero-order chi connectivity index (χ0) is 13.5. The molecule has 106 valence electrons. The molecule has 0 aliphatic heterocycles. The van der Waals surface area contributed by atoms with E-state index in [1.165, 1.54) is 44.1 Å². The minimum Gasteiger partial charge on any atom is -0.316 e. The Kier molecular flexibility index (Phi) is 5.84. The molecule has 1 saturated carbocycles. The van der Waals surface area contributed by atoms with E-state index in [9.17, 15) is 4.39 Å². The second kappa shape index (κ2) is 7.64. The molecule has 0 atom stereocenters. The fourth-order valence-electron chi connectivity index (χ4n) is 3.16. The summed E-state index contributed by atoms with van der Waals surface area (Å²) in [5.74, 6) is 0.416. The predicted molar refractivity (Wildman–Crippen MR) is 78.8 cm³/mol. The fraction of sp³-hybridized carbons (Fsp3) is 0.647. The van der Waals surface area contributed by atoms with Crippen LogP contribution in [0.1, 0.15) is 68.4 Å². The van der Waals surface area contributed by atoms with Gasteiger partial charge in [-0.15, -0.1) is 0 Å². The first-order valence-electron chi connectivity index (χ1n) is 7.74. The van der Waals surface area contributed by atoms with Crippen LogP contribution in [0.4, 0.5) is 4.39 Å². The molecule has 0 saturated heterocycles. The van der Waals surface area contributed by atoms with Gasteiger partial charge in [0.15, 0.2) is 0 Å². The minimum absolute atomic E-state index is 0.0101. The van der Waals surface area contributed by atoms with Gasteiger partial charge in [-0.25, -0.2) is 4.39 Å². The molecule has 1 aliphatic carbocycles. The first kappa shape index (κ1) is 14.5. The highest BCUT2D eigenvalue weighted by atomic mass is 19.1. The molecule has 1 aliphatic rings. The number of hydrogen-bond acceptors (Lipinski definition) is 1. The average molecular weight is 263 g/mol. The van der Waals surface area contributed by atoms with Crippen molar-refractivity contribution in [2.24, 2.45) is 0 Å². The van der Waals surface area contributed by atoms with Gasteiger partial charge in [0, 0.05) is 6.54 Å². The molecular weight excluding hydrogens is 237 g/mol. The second-order valence-electron chi connectivity index (χ2n) is 5.78. The maximum absolute atomic E-state index is 14.1. The Morgan fingerprint density at radius 2 is 1.68 bits per heavy atom. The number of rotatable bonds is 3. The van der Waals surface area contributed by atoms with Crippen LogP contribution in [0.25, 0.3) is 0 Å². The summed E-state index contributed by atoms with van der Waals surface area (Å²) in [5, 5.41) is 3.14. The van der Waals surface area contributed by atoms with Crippen molar-refractivity contribution in [2.75, 3.05) is 7.05 Å². The smallest absolute Gasteiger partial charge is 0.126 e. The van der Waals surface area contributed by atoms with Gasteiger partial charge in [0.05, 0.1) is 0 Å². The monoisotopic (exact) mass is 263 g/mol. The molecule has 19 heavy (non-hydrogen) atoms. The number of benzene rings is 1.